The van der Waals surface area contributed by atoms with Gasteiger partial charge in [0, 0.05) is 18.7 Å². The summed E-state index contributed by atoms with van der Waals surface area (Å²) in [6.07, 6.45) is -4.18. The highest BCUT2D eigenvalue weighted by Crippen LogP contribution is 2.44. The van der Waals surface area contributed by atoms with Crippen LogP contribution in [0.1, 0.15) is 37.5 Å². The molecule has 33 heavy (non-hydrogen) atoms. The van der Waals surface area contributed by atoms with E-state index in [4.69, 9.17) is 0 Å². The van der Waals surface area contributed by atoms with Gasteiger partial charge in [-0.2, -0.15) is 13.2 Å². The van der Waals surface area contributed by atoms with Crippen LogP contribution in [0.25, 0.3) is 10.8 Å². The fourth-order valence-corrected chi connectivity index (χ4v) is 4.18. The lowest BCUT2D eigenvalue weighted by Crippen LogP contribution is -2.37. The molecule has 0 aliphatic carbocycles. The van der Waals surface area contributed by atoms with Gasteiger partial charge in [0.25, 0.3) is 0 Å². The summed E-state index contributed by atoms with van der Waals surface area (Å²) in [4.78, 5) is 15.3. The van der Waals surface area contributed by atoms with Gasteiger partial charge in [0.2, 0.25) is 6.41 Å². The van der Waals surface area contributed by atoms with Gasteiger partial charge in [0.05, 0.1) is 11.3 Å². The third kappa shape index (κ3) is 5.20. The van der Waals surface area contributed by atoms with Gasteiger partial charge >= 0.3 is 6.18 Å². The highest BCUT2D eigenvalue weighted by molar-refractivity contribution is 5.84. The molecular formula is C26H29F3N2O2. The van der Waals surface area contributed by atoms with Crippen molar-refractivity contribution >= 4 is 22.9 Å². The number of alkyl halides is 3. The summed E-state index contributed by atoms with van der Waals surface area (Å²) in [5, 5.41) is 13.3. The van der Waals surface area contributed by atoms with Crippen molar-refractivity contribution in [2.45, 2.75) is 32.5 Å². The Balaban J connectivity index is 2.17. The van der Waals surface area contributed by atoms with Crippen LogP contribution in [0.5, 0.6) is 0 Å². The molecule has 1 atom stereocenters. The van der Waals surface area contributed by atoms with Crippen molar-refractivity contribution in [2.75, 3.05) is 31.1 Å². The predicted octanol–water partition coefficient (Wildman–Crippen LogP) is 5.42. The first-order valence-corrected chi connectivity index (χ1v) is 11.0. The molecule has 0 spiro atoms. The van der Waals surface area contributed by atoms with E-state index in [2.05, 4.69) is 4.90 Å². The third-order valence-corrected chi connectivity index (χ3v) is 6.13. The molecule has 176 valence electrons. The average Bonchev–Trinajstić information content (AvgIpc) is 2.80. The number of rotatable bonds is 9. The van der Waals surface area contributed by atoms with Crippen LogP contribution in [-0.2, 0) is 16.6 Å². The number of fused-ring (bicyclic) bond motifs is 1. The van der Waals surface area contributed by atoms with Crippen LogP contribution in [0, 0.1) is 0 Å². The lowest BCUT2D eigenvalue weighted by atomic mass is 9.82. The maximum absolute atomic E-state index is 14.1. The van der Waals surface area contributed by atoms with Crippen molar-refractivity contribution < 1.29 is 23.1 Å². The van der Waals surface area contributed by atoms with E-state index in [1.165, 1.54) is 24.0 Å². The van der Waals surface area contributed by atoms with E-state index in [1.807, 2.05) is 38.1 Å². The van der Waals surface area contributed by atoms with E-state index < -0.39 is 17.3 Å². The number of likely N-dealkylation sites (N-methyl/N-ethyl adjacent to an activating group) is 1. The van der Waals surface area contributed by atoms with E-state index in [0.717, 1.165) is 29.9 Å². The number of hydrogen-bond acceptors (Lipinski definition) is 3. The first-order chi connectivity index (χ1) is 15.6. The van der Waals surface area contributed by atoms with Crippen molar-refractivity contribution in [3.8, 4) is 0 Å². The zero-order valence-electron chi connectivity index (χ0n) is 19.1. The lowest BCUT2D eigenvalue weighted by Gasteiger charge is -2.33. The zero-order valence-corrected chi connectivity index (χ0v) is 19.1. The number of halogens is 3. The molecule has 1 N–H and O–H groups in total. The van der Waals surface area contributed by atoms with Gasteiger partial charge in [-0.15, -0.1) is 0 Å². The smallest absolute Gasteiger partial charge is 0.381 e. The Hall–Kier alpha value is -2.90. The van der Waals surface area contributed by atoms with Gasteiger partial charge in [-0.3, -0.25) is 4.79 Å². The molecule has 0 heterocycles. The summed E-state index contributed by atoms with van der Waals surface area (Å²) in [7, 11) is 0. The normalized spacial score (nSPS) is 13.8. The quantitative estimate of drug-likeness (QED) is 0.436. The first-order valence-electron chi connectivity index (χ1n) is 11.0. The topological polar surface area (TPSA) is 43.8 Å². The number of amides is 1. The van der Waals surface area contributed by atoms with Gasteiger partial charge in [-0.05, 0) is 54.5 Å². The largest absolute Gasteiger partial charge is 0.416 e. The first kappa shape index (κ1) is 24.7. The number of carbonyl (C=O) groups excluding carboxylic acids is 1. The third-order valence-electron chi connectivity index (χ3n) is 6.13. The molecule has 0 saturated carbocycles. The van der Waals surface area contributed by atoms with Gasteiger partial charge in [-0.25, -0.2) is 0 Å². The summed E-state index contributed by atoms with van der Waals surface area (Å²) in [6.45, 7) is 7.52. The molecule has 1 unspecified atom stereocenters. The van der Waals surface area contributed by atoms with Crippen molar-refractivity contribution in [3.63, 3.8) is 0 Å². The minimum atomic E-state index is -4.71. The molecule has 0 aliphatic rings. The van der Waals surface area contributed by atoms with Crippen molar-refractivity contribution in [3.05, 3.63) is 77.4 Å². The second kappa shape index (κ2) is 9.93. The summed E-state index contributed by atoms with van der Waals surface area (Å²) in [5.74, 6) is 0. The molecule has 0 aromatic heterocycles. The number of carbonyl (C=O) groups is 1. The Labute approximate surface area is 192 Å². The maximum Gasteiger partial charge on any atom is 0.416 e. The molecule has 4 nitrogen and oxygen atoms in total. The average molecular weight is 459 g/mol. The molecule has 0 radical (unpaired) electrons. The number of benzene rings is 3. The minimum absolute atomic E-state index is 0.0464. The Morgan fingerprint density at radius 2 is 1.58 bits per heavy atom. The van der Waals surface area contributed by atoms with Crippen molar-refractivity contribution in [2.24, 2.45) is 0 Å². The molecule has 0 aliphatic heterocycles. The van der Waals surface area contributed by atoms with Crippen LogP contribution in [0.3, 0.4) is 0 Å². The van der Waals surface area contributed by atoms with Crippen molar-refractivity contribution in [1.82, 2.24) is 4.90 Å². The summed E-state index contributed by atoms with van der Waals surface area (Å²) in [5.41, 5.74) is -2.94. The Morgan fingerprint density at radius 3 is 2.18 bits per heavy atom. The van der Waals surface area contributed by atoms with Gasteiger partial charge < -0.3 is 14.9 Å². The highest BCUT2D eigenvalue weighted by Gasteiger charge is 2.42. The van der Waals surface area contributed by atoms with Crippen LogP contribution in [-0.4, -0.2) is 42.6 Å². The van der Waals surface area contributed by atoms with Crippen LogP contribution in [0.4, 0.5) is 18.9 Å². The number of aliphatic hydroxyl groups is 1. The monoisotopic (exact) mass is 458 g/mol. The molecule has 0 bridgehead atoms. The van der Waals surface area contributed by atoms with Gasteiger partial charge in [0.15, 0.2) is 0 Å². The molecule has 3 rings (SSSR count). The standard InChI is InChI=1S/C26H29F3N2O2/c1-4-30(5-2)15-16-31(18-32)23-12-8-11-22(26(27,28)29)24(23)25(3,33)21-14-13-19-9-6-7-10-20(19)17-21/h6-14,17-18,33H,4-5,15-16H2,1-3H3. The lowest BCUT2D eigenvalue weighted by molar-refractivity contribution is -0.139. The van der Waals surface area contributed by atoms with E-state index in [-0.39, 0.29) is 17.8 Å². The highest BCUT2D eigenvalue weighted by atomic mass is 19.4. The summed E-state index contributed by atoms with van der Waals surface area (Å²) >= 11 is 0. The van der Waals surface area contributed by atoms with E-state index in [1.54, 1.807) is 18.2 Å². The zero-order chi connectivity index (χ0) is 24.2. The van der Waals surface area contributed by atoms with Crippen LogP contribution >= 0.6 is 0 Å². The Kier molecular flexibility index (Phi) is 7.44. The second-order valence-corrected chi connectivity index (χ2v) is 8.16. The van der Waals surface area contributed by atoms with E-state index in [0.29, 0.717) is 18.5 Å². The van der Waals surface area contributed by atoms with Crippen LogP contribution in [0.15, 0.2) is 60.7 Å². The Bertz CT molecular complexity index is 1110. The molecule has 0 saturated heterocycles. The SMILES string of the molecule is CCN(CC)CCN(C=O)c1cccc(C(F)(F)F)c1C(C)(O)c1ccc2ccccc2c1. The fourth-order valence-electron chi connectivity index (χ4n) is 4.18. The molecule has 3 aromatic rings. The van der Waals surface area contributed by atoms with Gasteiger partial charge in [0.1, 0.15) is 5.60 Å². The fraction of sp³-hybridized carbons (Fsp3) is 0.346. The van der Waals surface area contributed by atoms with Crippen molar-refractivity contribution in [1.29, 1.82) is 0 Å². The van der Waals surface area contributed by atoms with Gasteiger partial charge in [-0.1, -0.05) is 56.3 Å². The number of anilines is 1. The summed E-state index contributed by atoms with van der Waals surface area (Å²) < 4.78 is 42.3. The van der Waals surface area contributed by atoms with E-state index >= 15 is 0 Å². The van der Waals surface area contributed by atoms with Crippen LogP contribution < -0.4 is 4.90 Å². The maximum atomic E-state index is 14.1. The molecule has 7 heteroatoms. The Morgan fingerprint density at radius 1 is 0.909 bits per heavy atom. The van der Waals surface area contributed by atoms with E-state index in [9.17, 15) is 23.1 Å². The van der Waals surface area contributed by atoms with Crippen LogP contribution in [0.2, 0.25) is 0 Å². The molecule has 0 fully saturated rings. The molecule has 1 amide bonds. The molecule has 3 aromatic carbocycles. The number of hydrogen-bond donors (Lipinski definition) is 1. The number of nitrogens with zero attached hydrogens (tertiary/aromatic N) is 2. The second-order valence-electron chi connectivity index (χ2n) is 8.16. The minimum Gasteiger partial charge on any atom is -0.381 e. The summed E-state index contributed by atoms with van der Waals surface area (Å²) in [6, 6.07) is 16.2. The predicted molar refractivity (Wildman–Crippen MR) is 125 cm³/mol. The molecular weight excluding hydrogens is 429 g/mol.